The minimum Gasteiger partial charge on any atom is -0.392 e. The molecule has 2 aromatic rings. The normalized spacial score (nSPS) is 29.4. The van der Waals surface area contributed by atoms with E-state index in [4.69, 9.17) is 0 Å². The van der Waals surface area contributed by atoms with Gasteiger partial charge in [-0.2, -0.15) is 0 Å². The summed E-state index contributed by atoms with van der Waals surface area (Å²) in [6.07, 6.45) is -0.367. The van der Waals surface area contributed by atoms with Crippen molar-refractivity contribution in [2.75, 3.05) is 11.9 Å². The number of nitrogens with one attached hydrogen (secondary N) is 2. The predicted octanol–water partition coefficient (Wildman–Crippen LogP) is 1.65. The number of benzene rings is 2. The van der Waals surface area contributed by atoms with Crippen LogP contribution in [0.3, 0.4) is 0 Å². The standard InChI is InChI=1S/C25H27N3O4/c1-13-11-14(2)20-17(12-13)25(24(32)26-20)19-18(21(27-25)15(3)29)22(30)28(23(19)31)10-9-16-7-5-4-6-8-16/h4-8,11-12,15,18-19,21,27,29H,9-10H2,1-3H3,(H,26,32)/t15-,18+,19+,21+,25-/m1/s1. The van der Waals surface area contributed by atoms with Gasteiger partial charge in [-0.15, -0.1) is 0 Å². The number of aliphatic hydroxyl groups is 1. The van der Waals surface area contributed by atoms with Gasteiger partial charge in [0.05, 0.1) is 17.9 Å². The maximum absolute atomic E-state index is 13.7. The summed E-state index contributed by atoms with van der Waals surface area (Å²) in [5.74, 6) is -2.71. The topological polar surface area (TPSA) is 98.7 Å². The predicted molar refractivity (Wildman–Crippen MR) is 119 cm³/mol. The molecule has 3 aliphatic rings. The van der Waals surface area contributed by atoms with Crippen molar-refractivity contribution in [2.45, 2.75) is 44.9 Å². The smallest absolute Gasteiger partial charge is 0.250 e. The van der Waals surface area contributed by atoms with Crippen molar-refractivity contribution in [2.24, 2.45) is 11.8 Å². The Morgan fingerprint density at radius 3 is 2.50 bits per heavy atom. The van der Waals surface area contributed by atoms with Gasteiger partial charge in [0.15, 0.2) is 0 Å². The van der Waals surface area contributed by atoms with E-state index in [2.05, 4.69) is 10.6 Å². The highest BCUT2D eigenvalue weighted by Gasteiger charge is 2.71. The van der Waals surface area contributed by atoms with Crippen molar-refractivity contribution in [3.63, 3.8) is 0 Å². The Bertz CT molecular complexity index is 1130. The minimum atomic E-state index is -1.37. The molecule has 1 spiro atoms. The molecule has 0 saturated carbocycles. The molecule has 166 valence electrons. The van der Waals surface area contributed by atoms with Crippen molar-refractivity contribution >= 4 is 23.4 Å². The number of carbonyl (C=O) groups is 3. The van der Waals surface area contributed by atoms with Gasteiger partial charge in [0.25, 0.3) is 0 Å². The summed E-state index contributed by atoms with van der Waals surface area (Å²) in [4.78, 5) is 41.8. The fourth-order valence-corrected chi connectivity index (χ4v) is 5.77. The summed E-state index contributed by atoms with van der Waals surface area (Å²) in [6, 6.07) is 12.9. The summed E-state index contributed by atoms with van der Waals surface area (Å²) >= 11 is 0. The van der Waals surface area contributed by atoms with Gasteiger partial charge in [0, 0.05) is 23.8 Å². The molecule has 5 rings (SSSR count). The van der Waals surface area contributed by atoms with E-state index in [0.717, 1.165) is 16.7 Å². The van der Waals surface area contributed by atoms with Gasteiger partial charge in [-0.3, -0.25) is 24.6 Å². The number of aryl methyl sites for hydroxylation is 2. The van der Waals surface area contributed by atoms with E-state index in [0.29, 0.717) is 17.7 Å². The van der Waals surface area contributed by atoms with Crippen molar-refractivity contribution in [3.8, 4) is 0 Å². The number of nitrogens with zero attached hydrogens (tertiary/aromatic N) is 1. The van der Waals surface area contributed by atoms with Gasteiger partial charge in [0.1, 0.15) is 5.54 Å². The van der Waals surface area contributed by atoms with E-state index < -0.39 is 29.5 Å². The number of hydrogen-bond donors (Lipinski definition) is 3. The molecule has 32 heavy (non-hydrogen) atoms. The fourth-order valence-electron chi connectivity index (χ4n) is 5.77. The van der Waals surface area contributed by atoms with E-state index in [1.807, 2.05) is 56.3 Å². The van der Waals surface area contributed by atoms with Gasteiger partial charge in [-0.1, -0.05) is 48.0 Å². The Hall–Kier alpha value is -3.03. The zero-order valence-corrected chi connectivity index (χ0v) is 18.4. The van der Waals surface area contributed by atoms with Crippen LogP contribution in [0.25, 0.3) is 0 Å². The molecule has 7 heteroatoms. The summed E-state index contributed by atoms with van der Waals surface area (Å²) in [6.45, 7) is 5.69. The molecular weight excluding hydrogens is 406 g/mol. The molecule has 0 radical (unpaired) electrons. The Morgan fingerprint density at radius 1 is 1.09 bits per heavy atom. The largest absolute Gasteiger partial charge is 0.392 e. The Kier molecular flexibility index (Phi) is 4.72. The van der Waals surface area contributed by atoms with Crippen molar-refractivity contribution in [1.82, 2.24) is 10.2 Å². The molecule has 0 aliphatic carbocycles. The highest BCUT2D eigenvalue weighted by Crippen LogP contribution is 2.54. The van der Waals surface area contributed by atoms with Gasteiger partial charge < -0.3 is 10.4 Å². The number of likely N-dealkylation sites (tertiary alicyclic amines) is 1. The number of rotatable bonds is 4. The van der Waals surface area contributed by atoms with Crippen LogP contribution in [0.2, 0.25) is 0 Å². The molecule has 2 fully saturated rings. The van der Waals surface area contributed by atoms with Crippen molar-refractivity contribution in [1.29, 1.82) is 0 Å². The SMILES string of the molecule is Cc1cc(C)c2c(c1)[C@]1(N[C@@H]([C@@H](C)O)[C@H]3C(=O)N(CCc4ccccc4)C(=O)[C@H]31)C(=O)N2. The summed E-state index contributed by atoms with van der Waals surface area (Å²) in [5.41, 5.74) is 2.90. The lowest BCUT2D eigenvalue weighted by atomic mass is 9.75. The molecule has 2 aromatic carbocycles. The molecule has 3 aliphatic heterocycles. The maximum atomic E-state index is 13.7. The summed E-state index contributed by atoms with van der Waals surface area (Å²) < 4.78 is 0. The van der Waals surface area contributed by atoms with Crippen LogP contribution >= 0.6 is 0 Å². The van der Waals surface area contributed by atoms with Crippen LogP contribution in [0, 0.1) is 25.7 Å². The number of hydrogen-bond acceptors (Lipinski definition) is 5. The Labute approximate surface area is 186 Å². The van der Waals surface area contributed by atoms with Crippen LogP contribution in [0.5, 0.6) is 0 Å². The van der Waals surface area contributed by atoms with Gasteiger partial charge in [-0.05, 0) is 38.3 Å². The van der Waals surface area contributed by atoms with E-state index in [1.165, 1.54) is 4.90 Å². The van der Waals surface area contributed by atoms with E-state index in [-0.39, 0.29) is 24.3 Å². The number of fused-ring (bicyclic) bond motifs is 4. The molecule has 0 bridgehead atoms. The maximum Gasteiger partial charge on any atom is 0.250 e. The molecule has 3 amide bonds. The Morgan fingerprint density at radius 2 is 1.81 bits per heavy atom. The first-order valence-electron chi connectivity index (χ1n) is 11.0. The summed E-state index contributed by atoms with van der Waals surface area (Å²) in [7, 11) is 0. The lowest BCUT2D eigenvalue weighted by molar-refractivity contribution is -0.143. The van der Waals surface area contributed by atoms with E-state index >= 15 is 0 Å². The zero-order valence-electron chi connectivity index (χ0n) is 18.4. The second-order valence-electron chi connectivity index (χ2n) is 9.24. The third-order valence-electron chi connectivity index (χ3n) is 7.18. The molecule has 7 nitrogen and oxygen atoms in total. The second-order valence-corrected chi connectivity index (χ2v) is 9.24. The minimum absolute atomic E-state index is 0.249. The second kappa shape index (κ2) is 7.25. The molecule has 0 unspecified atom stereocenters. The van der Waals surface area contributed by atoms with E-state index in [1.54, 1.807) is 6.92 Å². The first-order valence-corrected chi connectivity index (χ1v) is 11.0. The molecule has 2 saturated heterocycles. The quantitative estimate of drug-likeness (QED) is 0.637. The highest BCUT2D eigenvalue weighted by atomic mass is 16.3. The van der Waals surface area contributed by atoms with Gasteiger partial charge in [-0.25, -0.2) is 0 Å². The van der Waals surface area contributed by atoms with Crippen LogP contribution in [0.1, 0.15) is 29.2 Å². The van der Waals surface area contributed by atoms with Crippen LogP contribution < -0.4 is 10.6 Å². The summed E-state index contributed by atoms with van der Waals surface area (Å²) in [5, 5.41) is 16.7. The van der Waals surface area contributed by atoms with Crippen molar-refractivity contribution in [3.05, 3.63) is 64.7 Å². The van der Waals surface area contributed by atoms with Crippen LogP contribution in [0.4, 0.5) is 5.69 Å². The molecule has 0 aromatic heterocycles. The average Bonchev–Trinajstić information content (AvgIpc) is 3.34. The lowest BCUT2D eigenvalue weighted by Gasteiger charge is -2.30. The van der Waals surface area contributed by atoms with Gasteiger partial charge >= 0.3 is 0 Å². The lowest BCUT2D eigenvalue weighted by Crippen LogP contribution is -2.55. The molecule has 3 heterocycles. The zero-order chi connectivity index (χ0) is 22.8. The molecule has 3 N–H and O–H groups in total. The molecule has 5 atom stereocenters. The number of amides is 3. The van der Waals surface area contributed by atoms with Crippen LogP contribution in [0.15, 0.2) is 42.5 Å². The molecular formula is C25H27N3O4. The third-order valence-corrected chi connectivity index (χ3v) is 7.18. The average molecular weight is 434 g/mol. The van der Waals surface area contributed by atoms with Crippen LogP contribution in [-0.2, 0) is 26.3 Å². The number of anilines is 1. The number of imide groups is 1. The number of carbonyl (C=O) groups excluding carboxylic acids is 3. The first-order chi connectivity index (χ1) is 15.3. The fraction of sp³-hybridized carbons (Fsp3) is 0.400. The van der Waals surface area contributed by atoms with Gasteiger partial charge in [0.2, 0.25) is 17.7 Å². The number of aliphatic hydroxyl groups excluding tert-OH is 1. The van der Waals surface area contributed by atoms with E-state index in [9.17, 15) is 19.5 Å². The third kappa shape index (κ3) is 2.77. The van der Waals surface area contributed by atoms with Crippen LogP contribution in [-0.4, -0.2) is 46.4 Å². The first kappa shape index (κ1) is 20.8. The van der Waals surface area contributed by atoms with Crippen molar-refractivity contribution < 1.29 is 19.5 Å². The highest BCUT2D eigenvalue weighted by molar-refractivity contribution is 6.15. The Balaban J connectivity index is 1.58. The monoisotopic (exact) mass is 433 g/mol.